The molecule has 1 saturated carbocycles. The van der Waals surface area contributed by atoms with E-state index in [0.717, 1.165) is 6.26 Å². The van der Waals surface area contributed by atoms with Crippen molar-refractivity contribution in [3.63, 3.8) is 0 Å². The third-order valence-corrected chi connectivity index (χ3v) is 5.75. The van der Waals surface area contributed by atoms with Gasteiger partial charge in [-0.1, -0.05) is 6.07 Å². The van der Waals surface area contributed by atoms with E-state index in [1.807, 2.05) is 0 Å². The number of hydrogen-bond donors (Lipinski definition) is 2. The van der Waals surface area contributed by atoms with Crippen LogP contribution < -0.4 is 9.47 Å². The van der Waals surface area contributed by atoms with Crippen molar-refractivity contribution in [1.29, 1.82) is 0 Å². The van der Waals surface area contributed by atoms with Gasteiger partial charge in [0.05, 0.1) is 11.9 Å². The lowest BCUT2D eigenvalue weighted by Crippen LogP contribution is -2.27. The number of fused-ring (bicyclic) bond motifs is 1. The van der Waals surface area contributed by atoms with Gasteiger partial charge in [0.2, 0.25) is 6.79 Å². The molecule has 0 unspecified atom stereocenters. The first kappa shape index (κ1) is 14.2. The van der Waals surface area contributed by atoms with Gasteiger partial charge in [-0.25, -0.2) is 8.42 Å². The van der Waals surface area contributed by atoms with Crippen molar-refractivity contribution in [3.8, 4) is 11.5 Å². The number of rotatable bonds is 4. The normalized spacial score (nSPS) is 30.2. The summed E-state index contributed by atoms with van der Waals surface area (Å²) >= 11 is 0. The highest BCUT2D eigenvalue weighted by molar-refractivity contribution is 7.91. The van der Waals surface area contributed by atoms with Crippen LogP contribution in [0.3, 0.4) is 0 Å². The van der Waals surface area contributed by atoms with Crippen molar-refractivity contribution in [3.05, 3.63) is 23.8 Å². The average molecular weight is 314 g/mol. The topological polar surface area (TPSA) is 110 Å². The maximum absolute atomic E-state index is 11.9. The molecule has 1 heterocycles. The number of aliphatic hydroxyl groups is 1. The average Bonchev–Trinajstić information content (AvgIpc) is 2.92. The van der Waals surface area contributed by atoms with Crippen LogP contribution in [0.2, 0.25) is 0 Å². The van der Waals surface area contributed by atoms with Gasteiger partial charge in [0.1, 0.15) is 5.41 Å². The van der Waals surface area contributed by atoms with E-state index in [1.54, 1.807) is 18.2 Å². The fourth-order valence-corrected chi connectivity index (χ4v) is 5.03. The van der Waals surface area contributed by atoms with Gasteiger partial charge >= 0.3 is 5.97 Å². The molecular formula is C13H14O7S. The van der Waals surface area contributed by atoms with Crippen molar-refractivity contribution in [1.82, 2.24) is 0 Å². The predicted octanol–water partition coefficient (Wildman–Crippen LogP) is -0.0110. The Kier molecular flexibility index (Phi) is 2.93. The predicted molar refractivity (Wildman–Crippen MR) is 71.1 cm³/mol. The van der Waals surface area contributed by atoms with E-state index in [9.17, 15) is 23.4 Å². The Bertz CT molecular complexity index is 711. The largest absolute Gasteiger partial charge is 0.481 e. The molecular weight excluding hydrogens is 300 g/mol. The van der Waals surface area contributed by atoms with Crippen LogP contribution in [0.15, 0.2) is 18.2 Å². The van der Waals surface area contributed by atoms with Crippen LogP contribution in [0.25, 0.3) is 0 Å². The first-order valence-electron chi connectivity index (χ1n) is 6.25. The molecule has 3 atom stereocenters. The minimum atomic E-state index is -3.62. The second-order valence-electron chi connectivity index (χ2n) is 5.34. The lowest BCUT2D eigenvalue weighted by atomic mass is 10.00. The molecule has 1 aliphatic carbocycles. The lowest BCUT2D eigenvalue weighted by molar-refractivity contribution is -0.145. The number of hydrogen-bond acceptors (Lipinski definition) is 6. The highest BCUT2D eigenvalue weighted by Gasteiger charge is 2.74. The Balaban J connectivity index is 2.06. The van der Waals surface area contributed by atoms with Gasteiger partial charge in [0.15, 0.2) is 21.3 Å². The molecule has 1 aromatic carbocycles. The first-order chi connectivity index (χ1) is 9.82. The van der Waals surface area contributed by atoms with Crippen LogP contribution in [0.4, 0.5) is 0 Å². The molecule has 0 saturated heterocycles. The second-order valence-corrected chi connectivity index (χ2v) is 7.51. The van der Waals surface area contributed by atoms with Crippen LogP contribution in [0, 0.1) is 5.41 Å². The van der Waals surface area contributed by atoms with Gasteiger partial charge in [-0.3, -0.25) is 4.79 Å². The number of aliphatic carboxylic acids is 1. The SMILES string of the molecule is CS(=O)(=O)[C@@H]1[C@H](c2ccc3c(c2)OCO3)[C@]1(CO)C(=O)O. The maximum Gasteiger partial charge on any atom is 0.314 e. The van der Waals surface area contributed by atoms with Gasteiger partial charge in [-0.15, -0.1) is 0 Å². The van der Waals surface area contributed by atoms with Crippen LogP contribution in [-0.2, 0) is 14.6 Å². The number of aliphatic hydroxyl groups excluding tert-OH is 1. The number of carboxylic acid groups (broad SMARTS) is 1. The monoisotopic (exact) mass is 314 g/mol. The number of carboxylic acids is 1. The van der Waals surface area contributed by atoms with Crippen LogP contribution in [0.5, 0.6) is 11.5 Å². The summed E-state index contributed by atoms with van der Waals surface area (Å²) in [7, 11) is -3.62. The van der Waals surface area contributed by atoms with Gasteiger partial charge < -0.3 is 19.7 Å². The van der Waals surface area contributed by atoms with Crippen molar-refractivity contribution in [2.75, 3.05) is 19.7 Å². The van der Waals surface area contributed by atoms with E-state index in [4.69, 9.17) is 9.47 Å². The molecule has 2 N–H and O–H groups in total. The summed E-state index contributed by atoms with van der Waals surface area (Å²) in [5.74, 6) is -1.14. The Morgan fingerprint density at radius 3 is 2.57 bits per heavy atom. The van der Waals surface area contributed by atoms with Gasteiger partial charge in [0, 0.05) is 12.2 Å². The Morgan fingerprint density at radius 2 is 2.05 bits per heavy atom. The van der Waals surface area contributed by atoms with E-state index in [1.165, 1.54) is 0 Å². The van der Waals surface area contributed by atoms with Crippen molar-refractivity contribution < 1.29 is 32.9 Å². The van der Waals surface area contributed by atoms with Gasteiger partial charge in [-0.2, -0.15) is 0 Å². The summed E-state index contributed by atoms with van der Waals surface area (Å²) in [5.41, 5.74) is -1.19. The van der Waals surface area contributed by atoms with Crippen LogP contribution in [0.1, 0.15) is 11.5 Å². The van der Waals surface area contributed by atoms with Crippen LogP contribution in [-0.4, -0.2) is 49.5 Å². The molecule has 0 spiro atoms. The number of sulfone groups is 1. The zero-order chi connectivity index (χ0) is 15.4. The zero-order valence-electron chi connectivity index (χ0n) is 11.1. The zero-order valence-corrected chi connectivity index (χ0v) is 12.0. The molecule has 1 fully saturated rings. The van der Waals surface area contributed by atoms with E-state index < -0.39 is 39.0 Å². The highest BCUT2D eigenvalue weighted by atomic mass is 32.2. The lowest BCUT2D eigenvalue weighted by Gasteiger charge is -2.08. The summed E-state index contributed by atoms with van der Waals surface area (Å²) in [5, 5.41) is 17.7. The molecule has 21 heavy (non-hydrogen) atoms. The molecule has 0 radical (unpaired) electrons. The standard InChI is InChI=1S/C13H14O7S/c1-21(17,18)11-10(13(11,5-14)12(15)16)7-2-3-8-9(4-7)20-6-19-8/h2-4,10-11,14H,5-6H2,1H3,(H,15,16)/t10-,11+,13-/m0/s1. The van der Waals surface area contributed by atoms with Gasteiger partial charge in [-0.05, 0) is 17.7 Å². The Hall–Kier alpha value is -1.80. The summed E-state index contributed by atoms with van der Waals surface area (Å²) < 4.78 is 34.1. The van der Waals surface area contributed by atoms with Crippen molar-refractivity contribution in [2.45, 2.75) is 11.2 Å². The summed E-state index contributed by atoms with van der Waals surface area (Å²) in [6.07, 6.45) is 0.984. The third-order valence-electron chi connectivity index (χ3n) is 4.13. The summed E-state index contributed by atoms with van der Waals surface area (Å²) in [6.45, 7) is -0.664. The van der Waals surface area contributed by atoms with E-state index in [2.05, 4.69) is 0 Å². The molecule has 8 heteroatoms. The summed E-state index contributed by atoms with van der Waals surface area (Å²) in [6, 6.07) is 4.79. The molecule has 3 rings (SSSR count). The molecule has 0 aromatic heterocycles. The van der Waals surface area contributed by atoms with E-state index >= 15 is 0 Å². The van der Waals surface area contributed by atoms with Crippen LogP contribution >= 0.6 is 0 Å². The minimum absolute atomic E-state index is 0.0725. The molecule has 2 aliphatic rings. The Morgan fingerprint density at radius 1 is 1.38 bits per heavy atom. The third kappa shape index (κ3) is 1.90. The number of ether oxygens (including phenoxy) is 2. The van der Waals surface area contributed by atoms with Crippen molar-refractivity contribution in [2.24, 2.45) is 5.41 Å². The van der Waals surface area contributed by atoms with E-state index in [0.29, 0.717) is 17.1 Å². The molecule has 114 valence electrons. The smallest absolute Gasteiger partial charge is 0.314 e. The molecule has 0 bridgehead atoms. The number of carbonyl (C=O) groups is 1. The van der Waals surface area contributed by atoms with Gasteiger partial charge in [0.25, 0.3) is 0 Å². The fraction of sp³-hybridized carbons (Fsp3) is 0.462. The number of benzene rings is 1. The quantitative estimate of drug-likeness (QED) is 0.804. The van der Waals surface area contributed by atoms with E-state index in [-0.39, 0.29) is 6.79 Å². The Labute approximate surface area is 121 Å². The molecule has 1 aliphatic heterocycles. The maximum atomic E-state index is 11.9. The molecule has 1 aromatic rings. The molecule has 7 nitrogen and oxygen atoms in total. The summed E-state index contributed by atoms with van der Waals surface area (Å²) in [4.78, 5) is 11.5. The second kappa shape index (κ2) is 4.35. The molecule has 0 amide bonds. The first-order valence-corrected chi connectivity index (χ1v) is 8.20. The highest BCUT2D eigenvalue weighted by Crippen LogP contribution is 2.63. The van der Waals surface area contributed by atoms with Crippen molar-refractivity contribution >= 4 is 15.8 Å². The fourth-order valence-electron chi connectivity index (χ4n) is 3.12. The minimum Gasteiger partial charge on any atom is -0.481 e.